The first-order valence-corrected chi connectivity index (χ1v) is 8.77. The highest BCUT2D eigenvalue weighted by molar-refractivity contribution is 7.89. The van der Waals surface area contributed by atoms with E-state index in [2.05, 4.69) is 10.0 Å². The Morgan fingerprint density at radius 2 is 1.65 bits per heavy atom. The van der Waals surface area contributed by atoms with E-state index in [4.69, 9.17) is 0 Å². The molecule has 0 aliphatic rings. The number of sulfonamides is 1. The molecule has 1 unspecified atom stereocenters. The van der Waals surface area contributed by atoms with E-state index < -0.39 is 16.1 Å². The van der Waals surface area contributed by atoms with Crippen molar-refractivity contribution in [1.82, 2.24) is 10.0 Å². The molecule has 0 aromatic heterocycles. The fraction of sp³-hybridized carbons (Fsp3) is 0.235. The molecule has 0 aliphatic carbocycles. The predicted molar refractivity (Wildman–Crippen MR) is 89.3 cm³/mol. The zero-order valence-electron chi connectivity index (χ0n) is 13.1. The molecule has 0 saturated heterocycles. The largest absolute Gasteiger partial charge is 0.351 e. The lowest BCUT2D eigenvalue weighted by Gasteiger charge is -2.14. The molecule has 2 rings (SSSR count). The Morgan fingerprint density at radius 3 is 2.26 bits per heavy atom. The van der Waals surface area contributed by atoms with Gasteiger partial charge in [-0.3, -0.25) is 4.79 Å². The molecule has 1 atom stereocenters. The van der Waals surface area contributed by atoms with Gasteiger partial charge in [0.1, 0.15) is 0 Å². The van der Waals surface area contributed by atoms with Gasteiger partial charge in [0.05, 0.1) is 10.9 Å². The fourth-order valence-corrected chi connectivity index (χ4v) is 3.23. The third kappa shape index (κ3) is 4.91. The molecule has 0 radical (unpaired) electrons. The summed E-state index contributed by atoms with van der Waals surface area (Å²) in [4.78, 5) is 12.2. The van der Waals surface area contributed by atoms with Crippen LogP contribution in [0, 0.1) is 6.92 Å². The number of hydrogen-bond donors (Lipinski definition) is 2. The van der Waals surface area contributed by atoms with E-state index in [9.17, 15) is 13.2 Å². The van der Waals surface area contributed by atoms with E-state index in [1.807, 2.05) is 31.2 Å². The Bertz CT molecular complexity index is 756. The average molecular weight is 332 g/mol. The topological polar surface area (TPSA) is 75.3 Å². The minimum Gasteiger partial charge on any atom is -0.351 e. The molecule has 1 amide bonds. The quantitative estimate of drug-likeness (QED) is 0.849. The van der Waals surface area contributed by atoms with E-state index in [1.165, 1.54) is 19.1 Å². The van der Waals surface area contributed by atoms with E-state index >= 15 is 0 Å². The van der Waals surface area contributed by atoms with Crippen molar-refractivity contribution in [1.29, 1.82) is 0 Å². The SMILES string of the molecule is Cc1ccc(CNC(=O)C(C)NS(=O)(=O)c2ccccc2)cc1. The number of rotatable bonds is 6. The molecule has 0 aliphatic heterocycles. The van der Waals surface area contributed by atoms with Crippen LogP contribution in [0.4, 0.5) is 0 Å². The second-order valence-corrected chi connectivity index (χ2v) is 7.07. The molecule has 5 nitrogen and oxygen atoms in total. The van der Waals surface area contributed by atoms with Crippen LogP contribution in [-0.2, 0) is 21.4 Å². The van der Waals surface area contributed by atoms with Crippen molar-refractivity contribution < 1.29 is 13.2 Å². The normalized spacial score (nSPS) is 12.6. The molecule has 23 heavy (non-hydrogen) atoms. The van der Waals surface area contributed by atoms with Gasteiger partial charge in [-0.25, -0.2) is 8.42 Å². The number of hydrogen-bond acceptors (Lipinski definition) is 3. The van der Waals surface area contributed by atoms with Gasteiger partial charge in [-0.15, -0.1) is 0 Å². The molecule has 0 saturated carbocycles. The number of carbonyl (C=O) groups is 1. The first-order valence-electron chi connectivity index (χ1n) is 7.29. The molecule has 2 aromatic rings. The van der Waals surface area contributed by atoms with E-state index in [1.54, 1.807) is 18.2 Å². The maximum Gasteiger partial charge on any atom is 0.241 e. The maximum absolute atomic E-state index is 12.2. The summed E-state index contributed by atoms with van der Waals surface area (Å²) < 4.78 is 26.7. The highest BCUT2D eigenvalue weighted by atomic mass is 32.2. The maximum atomic E-state index is 12.2. The average Bonchev–Trinajstić information content (AvgIpc) is 2.54. The zero-order valence-corrected chi connectivity index (χ0v) is 13.9. The van der Waals surface area contributed by atoms with Crippen LogP contribution in [0.25, 0.3) is 0 Å². The first kappa shape index (κ1) is 17.2. The molecular weight excluding hydrogens is 312 g/mol. The van der Waals surface area contributed by atoms with Crippen LogP contribution < -0.4 is 10.0 Å². The molecule has 6 heteroatoms. The number of carbonyl (C=O) groups excluding carboxylic acids is 1. The number of amides is 1. The fourth-order valence-electron chi connectivity index (χ4n) is 2.00. The zero-order chi connectivity index (χ0) is 16.9. The molecule has 0 heterocycles. The van der Waals surface area contributed by atoms with Crippen LogP contribution in [0.15, 0.2) is 59.5 Å². The van der Waals surface area contributed by atoms with Crippen LogP contribution >= 0.6 is 0 Å². The summed E-state index contributed by atoms with van der Waals surface area (Å²) in [7, 11) is -3.70. The predicted octanol–water partition coefficient (Wildman–Crippen LogP) is 1.98. The van der Waals surface area contributed by atoms with Crippen molar-refractivity contribution in [2.75, 3.05) is 0 Å². The molecule has 0 bridgehead atoms. The Morgan fingerprint density at radius 1 is 1.04 bits per heavy atom. The van der Waals surface area contributed by atoms with Crippen molar-refractivity contribution in [3.05, 3.63) is 65.7 Å². The highest BCUT2D eigenvalue weighted by Crippen LogP contribution is 2.08. The summed E-state index contributed by atoms with van der Waals surface area (Å²) in [6, 6.07) is 14.9. The van der Waals surface area contributed by atoms with Gasteiger partial charge < -0.3 is 5.32 Å². The summed E-state index contributed by atoms with van der Waals surface area (Å²) in [5, 5.41) is 2.73. The monoisotopic (exact) mass is 332 g/mol. The summed E-state index contributed by atoms with van der Waals surface area (Å²) >= 11 is 0. The summed E-state index contributed by atoms with van der Waals surface area (Å²) in [5.41, 5.74) is 2.10. The Kier molecular flexibility index (Phi) is 5.52. The van der Waals surface area contributed by atoms with Gasteiger partial charge in [-0.05, 0) is 31.5 Å². The molecule has 2 aromatic carbocycles. The molecule has 0 fully saturated rings. The van der Waals surface area contributed by atoms with Gasteiger partial charge >= 0.3 is 0 Å². The lowest BCUT2D eigenvalue weighted by Crippen LogP contribution is -2.44. The third-order valence-electron chi connectivity index (χ3n) is 3.37. The van der Waals surface area contributed by atoms with Crippen LogP contribution in [-0.4, -0.2) is 20.4 Å². The standard InChI is InChI=1S/C17H20N2O3S/c1-13-8-10-15(11-9-13)12-18-17(20)14(2)19-23(21,22)16-6-4-3-5-7-16/h3-11,14,19H,12H2,1-2H3,(H,18,20). The van der Waals surface area contributed by atoms with Gasteiger partial charge in [0, 0.05) is 6.54 Å². The summed E-state index contributed by atoms with van der Waals surface area (Å²) in [6.45, 7) is 3.87. The van der Waals surface area contributed by atoms with Crippen molar-refractivity contribution in [2.24, 2.45) is 0 Å². The van der Waals surface area contributed by atoms with Crippen LogP contribution in [0.1, 0.15) is 18.1 Å². The van der Waals surface area contributed by atoms with E-state index in [-0.39, 0.29) is 10.8 Å². The van der Waals surface area contributed by atoms with Crippen molar-refractivity contribution >= 4 is 15.9 Å². The van der Waals surface area contributed by atoms with Gasteiger partial charge in [0.2, 0.25) is 15.9 Å². The lowest BCUT2D eigenvalue weighted by molar-refractivity contribution is -0.122. The third-order valence-corrected chi connectivity index (χ3v) is 4.92. The molecule has 122 valence electrons. The second-order valence-electron chi connectivity index (χ2n) is 5.36. The number of aryl methyl sites for hydroxylation is 1. The number of benzene rings is 2. The Balaban J connectivity index is 1.93. The van der Waals surface area contributed by atoms with Gasteiger partial charge in [0.25, 0.3) is 0 Å². The summed E-state index contributed by atoms with van der Waals surface area (Å²) in [5.74, 6) is -0.370. The summed E-state index contributed by atoms with van der Waals surface area (Å²) in [6.07, 6.45) is 0. The van der Waals surface area contributed by atoms with Crippen LogP contribution in [0.3, 0.4) is 0 Å². The second kappa shape index (κ2) is 7.39. The number of nitrogens with one attached hydrogen (secondary N) is 2. The van der Waals surface area contributed by atoms with Gasteiger partial charge in [-0.1, -0.05) is 48.0 Å². The lowest BCUT2D eigenvalue weighted by atomic mass is 10.1. The highest BCUT2D eigenvalue weighted by Gasteiger charge is 2.21. The smallest absolute Gasteiger partial charge is 0.241 e. The minimum absolute atomic E-state index is 0.137. The van der Waals surface area contributed by atoms with E-state index in [0.29, 0.717) is 6.54 Å². The van der Waals surface area contributed by atoms with Crippen molar-refractivity contribution in [2.45, 2.75) is 31.3 Å². The Hall–Kier alpha value is -2.18. The van der Waals surface area contributed by atoms with Crippen LogP contribution in [0.2, 0.25) is 0 Å². The first-order chi connectivity index (χ1) is 10.9. The molecule has 2 N–H and O–H groups in total. The van der Waals surface area contributed by atoms with E-state index in [0.717, 1.165) is 11.1 Å². The minimum atomic E-state index is -3.70. The van der Waals surface area contributed by atoms with Crippen LogP contribution in [0.5, 0.6) is 0 Å². The molecular formula is C17H20N2O3S. The van der Waals surface area contributed by atoms with Gasteiger partial charge in [-0.2, -0.15) is 4.72 Å². The van der Waals surface area contributed by atoms with Crippen molar-refractivity contribution in [3.8, 4) is 0 Å². The van der Waals surface area contributed by atoms with Crippen molar-refractivity contribution in [3.63, 3.8) is 0 Å². The van der Waals surface area contributed by atoms with Gasteiger partial charge in [0.15, 0.2) is 0 Å². The Labute approximate surface area is 136 Å². The molecule has 0 spiro atoms.